The maximum Gasteiger partial charge on any atom is 0.246 e. The first-order valence-corrected chi connectivity index (χ1v) is 9.76. The zero-order valence-corrected chi connectivity index (χ0v) is 16.6. The fraction of sp³-hybridized carbons (Fsp3) is 0.318. The van der Waals surface area contributed by atoms with Crippen LogP contribution in [0.3, 0.4) is 0 Å². The van der Waals surface area contributed by atoms with E-state index in [0.29, 0.717) is 30.5 Å². The van der Waals surface area contributed by atoms with Gasteiger partial charge in [0, 0.05) is 42.9 Å². The standard InChI is InChI=1S/C22H23ClN2O3/c1-3-19(27)25-10-9-24-11-15-7-8-17(20-14(2)5-4-6-18(20)26)21(23)22(15)28-13-16(24)12-25/h3-8,16,26H,1,9-13H2,2H3/t16-/m1/s1. The molecule has 1 amide bonds. The molecule has 0 radical (unpaired) electrons. The van der Waals surface area contributed by atoms with Crippen LogP contribution < -0.4 is 4.74 Å². The summed E-state index contributed by atoms with van der Waals surface area (Å²) < 4.78 is 6.13. The Morgan fingerprint density at radius 3 is 2.89 bits per heavy atom. The van der Waals surface area contributed by atoms with Crippen molar-refractivity contribution in [3.8, 4) is 22.6 Å². The van der Waals surface area contributed by atoms with Crippen molar-refractivity contribution in [2.75, 3.05) is 26.2 Å². The Morgan fingerprint density at radius 2 is 2.14 bits per heavy atom. The van der Waals surface area contributed by atoms with Crippen LogP contribution in [0.4, 0.5) is 0 Å². The van der Waals surface area contributed by atoms with Crippen molar-refractivity contribution in [2.45, 2.75) is 19.5 Å². The third-order valence-electron chi connectivity index (χ3n) is 5.58. The van der Waals surface area contributed by atoms with E-state index in [2.05, 4.69) is 11.5 Å². The van der Waals surface area contributed by atoms with Gasteiger partial charge in [0.1, 0.15) is 18.1 Å². The fourth-order valence-corrected chi connectivity index (χ4v) is 4.39. The van der Waals surface area contributed by atoms with E-state index in [1.807, 2.05) is 36.1 Å². The Balaban J connectivity index is 1.66. The van der Waals surface area contributed by atoms with Crippen molar-refractivity contribution in [3.05, 3.63) is 59.1 Å². The number of hydrogen-bond acceptors (Lipinski definition) is 4. The molecule has 0 spiro atoms. The van der Waals surface area contributed by atoms with Crippen molar-refractivity contribution >= 4 is 17.5 Å². The number of hydrogen-bond donors (Lipinski definition) is 1. The van der Waals surface area contributed by atoms with E-state index >= 15 is 0 Å². The van der Waals surface area contributed by atoms with Crippen LogP contribution in [0, 0.1) is 6.92 Å². The van der Waals surface area contributed by atoms with Crippen LogP contribution in [0.25, 0.3) is 11.1 Å². The zero-order chi connectivity index (χ0) is 19.8. The molecule has 2 aliphatic heterocycles. The summed E-state index contributed by atoms with van der Waals surface area (Å²) in [5, 5.41) is 10.9. The zero-order valence-electron chi connectivity index (χ0n) is 15.8. The Bertz CT molecular complexity index is 923. The minimum absolute atomic E-state index is 0.0447. The number of nitrogens with zero attached hydrogens (tertiary/aromatic N) is 2. The van der Waals surface area contributed by atoms with E-state index in [-0.39, 0.29) is 17.7 Å². The Labute approximate surface area is 169 Å². The largest absolute Gasteiger partial charge is 0.507 e. The second-order valence-corrected chi connectivity index (χ2v) is 7.69. The minimum atomic E-state index is -0.0447. The van der Waals surface area contributed by atoms with Gasteiger partial charge in [0.15, 0.2) is 0 Å². The Kier molecular flexibility index (Phi) is 5.04. The molecule has 6 heteroatoms. The van der Waals surface area contributed by atoms with Crippen LogP contribution >= 0.6 is 11.6 Å². The van der Waals surface area contributed by atoms with Crippen molar-refractivity contribution in [3.63, 3.8) is 0 Å². The lowest BCUT2D eigenvalue weighted by molar-refractivity contribution is -0.129. The number of phenols is 1. The van der Waals surface area contributed by atoms with E-state index in [4.69, 9.17) is 16.3 Å². The summed E-state index contributed by atoms with van der Waals surface area (Å²) in [6.07, 6.45) is 1.36. The van der Waals surface area contributed by atoms with Gasteiger partial charge in [-0.15, -0.1) is 0 Å². The smallest absolute Gasteiger partial charge is 0.246 e. The molecule has 0 aromatic heterocycles. The highest BCUT2D eigenvalue weighted by atomic mass is 35.5. The molecular formula is C22H23ClN2O3. The van der Waals surface area contributed by atoms with Crippen molar-refractivity contribution < 1.29 is 14.6 Å². The number of aryl methyl sites for hydroxylation is 1. The summed E-state index contributed by atoms with van der Waals surface area (Å²) in [6.45, 7) is 8.78. The number of fused-ring (bicyclic) bond motifs is 2. The maximum absolute atomic E-state index is 12.0. The number of carbonyl (C=O) groups is 1. The number of carbonyl (C=O) groups excluding carboxylic acids is 1. The molecule has 2 heterocycles. The van der Waals surface area contributed by atoms with E-state index in [9.17, 15) is 9.90 Å². The molecule has 1 N–H and O–H groups in total. The predicted molar refractivity (Wildman–Crippen MR) is 110 cm³/mol. The molecule has 0 saturated carbocycles. The third kappa shape index (κ3) is 3.25. The lowest BCUT2D eigenvalue weighted by atomic mass is 9.97. The lowest BCUT2D eigenvalue weighted by Gasteiger charge is -2.39. The van der Waals surface area contributed by atoms with E-state index in [0.717, 1.165) is 35.3 Å². The SMILES string of the molecule is C=CC(=O)N1CCN2Cc3ccc(-c4c(C)cccc4O)c(Cl)c3OC[C@H]2C1. The number of phenolic OH excluding ortho intramolecular Hbond substituents is 1. The van der Waals surface area contributed by atoms with Gasteiger partial charge in [0.05, 0.1) is 11.1 Å². The van der Waals surface area contributed by atoms with Gasteiger partial charge in [-0.1, -0.05) is 42.4 Å². The number of piperazine rings is 1. The normalized spacial score (nSPS) is 19.2. The third-order valence-corrected chi connectivity index (χ3v) is 5.96. The molecule has 2 aliphatic rings. The number of halogens is 1. The predicted octanol–water partition coefficient (Wildman–Crippen LogP) is 3.61. The monoisotopic (exact) mass is 398 g/mol. The van der Waals surface area contributed by atoms with E-state index in [1.165, 1.54) is 6.08 Å². The van der Waals surface area contributed by atoms with Gasteiger partial charge in [-0.3, -0.25) is 9.69 Å². The highest BCUT2D eigenvalue weighted by Gasteiger charge is 2.33. The Morgan fingerprint density at radius 1 is 1.32 bits per heavy atom. The highest BCUT2D eigenvalue weighted by molar-refractivity contribution is 6.35. The summed E-state index contributed by atoms with van der Waals surface area (Å²) in [7, 11) is 0. The van der Waals surface area contributed by atoms with Crippen molar-refractivity contribution in [1.82, 2.24) is 9.80 Å². The van der Waals surface area contributed by atoms with Gasteiger partial charge in [-0.05, 0) is 24.6 Å². The van der Waals surface area contributed by atoms with Crippen LogP contribution in [0.1, 0.15) is 11.1 Å². The molecular weight excluding hydrogens is 376 g/mol. The second-order valence-electron chi connectivity index (χ2n) is 7.31. The average Bonchev–Trinajstić information content (AvgIpc) is 2.88. The Hall–Kier alpha value is -2.50. The van der Waals surface area contributed by atoms with Crippen LogP contribution in [0.2, 0.25) is 5.02 Å². The molecule has 2 aromatic carbocycles. The van der Waals surface area contributed by atoms with Gasteiger partial charge < -0.3 is 14.7 Å². The minimum Gasteiger partial charge on any atom is -0.507 e. The lowest BCUT2D eigenvalue weighted by Crippen LogP contribution is -2.55. The summed E-state index contributed by atoms with van der Waals surface area (Å²) in [5.41, 5.74) is 3.46. The average molecular weight is 399 g/mol. The maximum atomic E-state index is 12.0. The number of ether oxygens (including phenoxy) is 1. The molecule has 1 fully saturated rings. The summed E-state index contributed by atoms with van der Waals surface area (Å²) in [6, 6.07) is 9.50. The van der Waals surface area contributed by atoms with E-state index in [1.54, 1.807) is 6.07 Å². The van der Waals surface area contributed by atoms with Gasteiger partial charge in [-0.25, -0.2) is 0 Å². The second kappa shape index (κ2) is 7.49. The summed E-state index contributed by atoms with van der Waals surface area (Å²) in [4.78, 5) is 16.1. The highest BCUT2D eigenvalue weighted by Crippen LogP contribution is 2.43. The topological polar surface area (TPSA) is 53.0 Å². The molecule has 4 rings (SSSR count). The summed E-state index contributed by atoms with van der Waals surface area (Å²) in [5.74, 6) is 0.820. The molecule has 5 nitrogen and oxygen atoms in total. The number of rotatable bonds is 2. The first kappa shape index (κ1) is 18.8. The molecule has 0 aliphatic carbocycles. The first-order chi connectivity index (χ1) is 13.5. The molecule has 146 valence electrons. The van der Waals surface area contributed by atoms with E-state index < -0.39 is 0 Å². The number of amides is 1. The molecule has 1 atom stereocenters. The van der Waals surface area contributed by atoms with Crippen LogP contribution in [0.5, 0.6) is 11.5 Å². The molecule has 1 saturated heterocycles. The van der Waals surface area contributed by atoms with Gasteiger partial charge in [0.2, 0.25) is 5.91 Å². The molecule has 0 unspecified atom stereocenters. The quantitative estimate of drug-likeness (QED) is 0.785. The molecule has 28 heavy (non-hydrogen) atoms. The number of aromatic hydroxyl groups is 1. The van der Waals surface area contributed by atoms with Crippen LogP contribution in [-0.2, 0) is 11.3 Å². The number of benzene rings is 2. The van der Waals surface area contributed by atoms with Crippen molar-refractivity contribution in [2.24, 2.45) is 0 Å². The summed E-state index contributed by atoms with van der Waals surface area (Å²) >= 11 is 6.74. The van der Waals surface area contributed by atoms with Crippen LogP contribution in [0.15, 0.2) is 43.0 Å². The molecule has 0 bridgehead atoms. The fourth-order valence-electron chi connectivity index (χ4n) is 4.06. The van der Waals surface area contributed by atoms with Gasteiger partial charge >= 0.3 is 0 Å². The van der Waals surface area contributed by atoms with Gasteiger partial charge in [0.25, 0.3) is 0 Å². The van der Waals surface area contributed by atoms with Crippen molar-refractivity contribution in [1.29, 1.82) is 0 Å². The first-order valence-electron chi connectivity index (χ1n) is 9.38. The van der Waals surface area contributed by atoms with Gasteiger partial charge in [-0.2, -0.15) is 0 Å². The molecule has 2 aromatic rings. The van der Waals surface area contributed by atoms with Crippen LogP contribution in [-0.4, -0.2) is 53.1 Å².